The summed E-state index contributed by atoms with van der Waals surface area (Å²) < 4.78 is 38.5. The summed E-state index contributed by atoms with van der Waals surface area (Å²) in [6.07, 6.45) is 4.18. The first kappa shape index (κ1) is 30.2. The average Bonchev–Trinajstić information content (AvgIpc) is 3.87. The Morgan fingerprint density at radius 1 is 1.05 bits per heavy atom. The van der Waals surface area contributed by atoms with Crippen molar-refractivity contribution in [3.05, 3.63) is 72.1 Å². The van der Waals surface area contributed by atoms with Gasteiger partial charge in [-0.15, -0.1) is 0 Å². The number of methoxy groups -OCH3 is 1. The first-order valence-electron chi connectivity index (χ1n) is 14.6. The molecule has 1 saturated heterocycles. The van der Waals surface area contributed by atoms with Gasteiger partial charge in [0.2, 0.25) is 5.88 Å². The van der Waals surface area contributed by atoms with Gasteiger partial charge in [0, 0.05) is 37.6 Å². The summed E-state index contributed by atoms with van der Waals surface area (Å²) >= 11 is 0. The Balaban J connectivity index is 1.25. The Labute approximate surface area is 249 Å². The molecule has 3 heterocycles. The number of aliphatic carboxylic acids is 1. The Kier molecular flexibility index (Phi) is 9.68. The summed E-state index contributed by atoms with van der Waals surface area (Å²) in [5, 5.41) is 9.35. The van der Waals surface area contributed by atoms with Gasteiger partial charge < -0.3 is 19.5 Å². The molecule has 1 aromatic carbocycles. The lowest BCUT2D eigenvalue weighted by molar-refractivity contribution is -0.137. The molecule has 1 aliphatic heterocycles. The number of ether oxygens (including phenoxy) is 2. The molecule has 2 aliphatic rings. The average molecular weight is 595 g/mol. The summed E-state index contributed by atoms with van der Waals surface area (Å²) in [6, 6.07) is 13.6. The van der Waals surface area contributed by atoms with E-state index in [1.165, 1.54) is 12.3 Å². The number of hydrogen-bond donors (Lipinski definition) is 1. The number of amides is 1. The van der Waals surface area contributed by atoms with Crippen molar-refractivity contribution in [3.8, 4) is 11.6 Å². The highest BCUT2D eigenvalue weighted by molar-refractivity contribution is 6.09. The maximum absolute atomic E-state index is 13.7. The summed E-state index contributed by atoms with van der Waals surface area (Å²) in [5.41, 5.74) is 1.87. The van der Waals surface area contributed by atoms with Crippen molar-refractivity contribution < 1.29 is 33.0 Å². The van der Waals surface area contributed by atoms with Crippen LogP contribution < -0.4 is 19.3 Å². The van der Waals surface area contributed by atoms with Crippen LogP contribution >= 0.6 is 0 Å². The number of piperidine rings is 1. The van der Waals surface area contributed by atoms with Crippen LogP contribution in [0, 0.1) is 11.8 Å². The third kappa shape index (κ3) is 7.77. The molecule has 2 fully saturated rings. The van der Waals surface area contributed by atoms with Crippen LogP contribution in [-0.2, 0) is 4.79 Å². The number of halogens is 2. The number of rotatable bonds is 13. The van der Waals surface area contributed by atoms with Crippen molar-refractivity contribution in [1.29, 1.82) is 0 Å². The molecule has 0 spiro atoms. The normalized spacial score (nSPS) is 16.1. The van der Waals surface area contributed by atoms with E-state index in [0.717, 1.165) is 36.1 Å². The van der Waals surface area contributed by atoms with Gasteiger partial charge in [0.25, 0.3) is 12.3 Å². The van der Waals surface area contributed by atoms with E-state index in [1.54, 1.807) is 43.6 Å². The molecule has 1 aliphatic carbocycles. The Morgan fingerprint density at radius 2 is 1.84 bits per heavy atom. The Hall–Kier alpha value is -4.28. The van der Waals surface area contributed by atoms with Crippen LogP contribution in [0.15, 0.2) is 60.9 Å². The zero-order chi connectivity index (χ0) is 30.3. The lowest BCUT2D eigenvalue weighted by Gasteiger charge is -2.35. The molecule has 0 radical (unpaired) electrons. The van der Waals surface area contributed by atoms with Gasteiger partial charge in [-0.05, 0) is 79.3 Å². The zero-order valence-electron chi connectivity index (χ0n) is 24.1. The molecular formula is C32H36F2N4O5. The first-order valence-corrected chi connectivity index (χ1v) is 14.6. The molecule has 5 rings (SSSR count). The number of carbonyl (C=O) groups is 2. The van der Waals surface area contributed by atoms with Crippen molar-refractivity contribution >= 4 is 23.4 Å². The summed E-state index contributed by atoms with van der Waals surface area (Å²) in [7, 11) is 1.54. The van der Waals surface area contributed by atoms with E-state index in [1.807, 2.05) is 12.1 Å². The molecule has 1 amide bonds. The van der Waals surface area contributed by atoms with E-state index in [-0.39, 0.29) is 24.1 Å². The number of carboxylic acid groups (broad SMARTS) is 1. The van der Waals surface area contributed by atoms with Gasteiger partial charge in [0.05, 0.1) is 37.9 Å². The number of nitrogens with zero attached hydrogens (tertiary/aromatic N) is 4. The smallest absolute Gasteiger partial charge is 0.303 e. The maximum atomic E-state index is 13.7. The molecule has 11 heteroatoms. The molecule has 0 bridgehead atoms. The second-order valence-corrected chi connectivity index (χ2v) is 11.1. The molecule has 1 N–H and O–H groups in total. The molecule has 1 saturated carbocycles. The zero-order valence-corrected chi connectivity index (χ0v) is 24.1. The van der Waals surface area contributed by atoms with Crippen molar-refractivity contribution in [1.82, 2.24) is 9.97 Å². The predicted octanol–water partition coefficient (Wildman–Crippen LogP) is 5.66. The highest BCUT2D eigenvalue weighted by Crippen LogP contribution is 2.45. The van der Waals surface area contributed by atoms with E-state index < -0.39 is 24.8 Å². The van der Waals surface area contributed by atoms with Crippen LogP contribution in [0.5, 0.6) is 11.6 Å². The van der Waals surface area contributed by atoms with Gasteiger partial charge in [0.15, 0.2) is 0 Å². The molecule has 1 unspecified atom stereocenters. The van der Waals surface area contributed by atoms with Crippen LogP contribution in [0.2, 0.25) is 0 Å². The van der Waals surface area contributed by atoms with E-state index in [9.17, 15) is 23.5 Å². The number of alkyl halides is 2. The number of pyridine rings is 2. The monoisotopic (exact) mass is 594 g/mol. The lowest BCUT2D eigenvalue weighted by atomic mass is 9.92. The number of hydrogen-bond acceptors (Lipinski definition) is 7. The maximum Gasteiger partial charge on any atom is 0.303 e. The number of anilines is 2. The van der Waals surface area contributed by atoms with E-state index in [2.05, 4.69) is 14.9 Å². The fourth-order valence-corrected chi connectivity index (χ4v) is 5.68. The third-order valence-corrected chi connectivity index (χ3v) is 8.12. The van der Waals surface area contributed by atoms with Crippen LogP contribution in [0.3, 0.4) is 0 Å². The molecule has 9 nitrogen and oxygen atoms in total. The minimum Gasteiger partial charge on any atom is -0.497 e. The highest BCUT2D eigenvalue weighted by atomic mass is 19.3. The Bertz CT molecular complexity index is 1400. The van der Waals surface area contributed by atoms with E-state index in [4.69, 9.17) is 9.47 Å². The topological polar surface area (TPSA) is 105 Å². The SMILES string of the molecule is COc1ccc(C(=O)N(CC(F)F)c2ccccn2)c(N2CCC(COc3cc(C(CC(=O)O)C4CC4)ccn3)CC2)c1. The van der Waals surface area contributed by atoms with E-state index >= 15 is 0 Å². The number of carboxylic acids is 1. The van der Waals surface area contributed by atoms with E-state index in [0.29, 0.717) is 48.5 Å². The minimum absolute atomic E-state index is 0.0276. The first-order chi connectivity index (χ1) is 20.8. The fourth-order valence-electron chi connectivity index (χ4n) is 5.68. The third-order valence-electron chi connectivity index (χ3n) is 8.12. The molecule has 43 heavy (non-hydrogen) atoms. The molecule has 1 atom stereocenters. The summed E-state index contributed by atoms with van der Waals surface area (Å²) in [4.78, 5) is 36.6. The van der Waals surface area contributed by atoms with Crippen LogP contribution in [0.1, 0.15) is 53.9 Å². The summed E-state index contributed by atoms with van der Waals surface area (Å²) in [5.74, 6) is 0.473. The minimum atomic E-state index is -2.73. The van der Waals surface area contributed by atoms with Gasteiger partial charge in [-0.1, -0.05) is 6.07 Å². The van der Waals surface area contributed by atoms with Gasteiger partial charge in [0.1, 0.15) is 11.6 Å². The van der Waals surface area contributed by atoms with Crippen LogP contribution in [-0.4, -0.2) is 66.7 Å². The molecular weight excluding hydrogens is 558 g/mol. The van der Waals surface area contributed by atoms with Crippen molar-refractivity contribution in [2.45, 2.75) is 44.4 Å². The van der Waals surface area contributed by atoms with Crippen LogP contribution in [0.4, 0.5) is 20.3 Å². The fraction of sp³-hybridized carbons (Fsp3) is 0.438. The van der Waals surface area contributed by atoms with Crippen molar-refractivity contribution in [3.63, 3.8) is 0 Å². The van der Waals surface area contributed by atoms with Gasteiger partial charge >= 0.3 is 5.97 Å². The van der Waals surface area contributed by atoms with Gasteiger partial charge in [-0.3, -0.25) is 14.5 Å². The molecule has 2 aromatic heterocycles. The highest BCUT2D eigenvalue weighted by Gasteiger charge is 2.34. The van der Waals surface area contributed by atoms with Gasteiger partial charge in [-0.25, -0.2) is 18.7 Å². The van der Waals surface area contributed by atoms with Crippen molar-refractivity contribution in [2.24, 2.45) is 11.8 Å². The predicted molar refractivity (Wildman–Crippen MR) is 157 cm³/mol. The standard InChI is InChI=1S/C32H36F2N4O5/c1-42-24-7-8-25(32(41)38(19-28(33)34)29-4-2-3-12-35-29)27(17-24)37-14-10-21(11-15-37)20-43-30-16-23(9-13-36-30)26(18-31(39)40)22-5-6-22/h2-4,7-9,12-13,16-17,21-22,26,28H,5-6,10-11,14-15,18-20H2,1H3,(H,39,40). The quantitative estimate of drug-likeness (QED) is 0.270. The number of carbonyl (C=O) groups excluding carboxylic acids is 1. The van der Waals surface area contributed by atoms with Crippen LogP contribution in [0.25, 0.3) is 0 Å². The lowest BCUT2D eigenvalue weighted by Crippen LogP contribution is -2.39. The second kappa shape index (κ2) is 13.8. The second-order valence-electron chi connectivity index (χ2n) is 11.1. The largest absolute Gasteiger partial charge is 0.497 e. The Morgan fingerprint density at radius 3 is 2.49 bits per heavy atom. The number of aromatic nitrogens is 2. The summed E-state index contributed by atoms with van der Waals surface area (Å²) in [6.45, 7) is 0.961. The molecule has 228 valence electrons. The van der Waals surface area contributed by atoms with Crippen molar-refractivity contribution in [2.75, 3.05) is 43.2 Å². The number of benzene rings is 1. The van der Waals surface area contributed by atoms with Gasteiger partial charge in [-0.2, -0.15) is 0 Å². The molecule has 3 aromatic rings.